The Labute approximate surface area is 119 Å². The van der Waals surface area contributed by atoms with Crippen LogP contribution in [0, 0.1) is 10.1 Å². The van der Waals surface area contributed by atoms with Gasteiger partial charge in [-0.25, -0.2) is 4.68 Å². The van der Waals surface area contributed by atoms with Gasteiger partial charge in [0, 0.05) is 30.3 Å². The number of para-hydroxylation sites is 1. The highest BCUT2D eigenvalue weighted by Gasteiger charge is 2.17. The van der Waals surface area contributed by atoms with Crippen LogP contribution in [-0.2, 0) is 6.54 Å². The largest absolute Gasteiger partial charge is 0.379 e. The summed E-state index contributed by atoms with van der Waals surface area (Å²) >= 11 is 0. The van der Waals surface area contributed by atoms with Gasteiger partial charge in [0.25, 0.3) is 16.8 Å². The molecular formula is C13H14N4O4. The quantitative estimate of drug-likeness (QED) is 0.628. The van der Waals surface area contributed by atoms with E-state index in [-0.39, 0.29) is 17.8 Å². The lowest BCUT2D eigenvalue weighted by atomic mass is 10.1. The topological polar surface area (TPSA) is 110 Å². The molecule has 0 radical (unpaired) electrons. The van der Waals surface area contributed by atoms with Crippen molar-refractivity contribution < 1.29 is 4.92 Å². The molecule has 0 saturated carbocycles. The summed E-state index contributed by atoms with van der Waals surface area (Å²) in [5.41, 5.74) is 0.0332. The Bertz CT molecular complexity index is 778. The number of benzene rings is 1. The molecular weight excluding hydrogens is 276 g/mol. The molecule has 1 aromatic carbocycles. The van der Waals surface area contributed by atoms with Crippen molar-refractivity contribution in [2.75, 3.05) is 11.9 Å². The molecule has 0 amide bonds. The number of aromatic nitrogens is 2. The number of nitrogens with zero attached hydrogens (tertiary/aromatic N) is 2. The first-order valence-corrected chi connectivity index (χ1v) is 6.33. The molecule has 110 valence electrons. The Morgan fingerprint density at radius 1 is 1.29 bits per heavy atom. The van der Waals surface area contributed by atoms with E-state index in [1.165, 1.54) is 6.07 Å². The second kappa shape index (κ2) is 6.04. The number of hydrogen-bond donors (Lipinski definition) is 2. The Morgan fingerprint density at radius 3 is 2.71 bits per heavy atom. The van der Waals surface area contributed by atoms with Gasteiger partial charge >= 0.3 is 0 Å². The third-order valence-electron chi connectivity index (χ3n) is 2.90. The minimum Gasteiger partial charge on any atom is -0.379 e. The average Bonchev–Trinajstić information content (AvgIpc) is 2.44. The number of nitro benzene ring substituents is 1. The van der Waals surface area contributed by atoms with E-state index in [9.17, 15) is 19.7 Å². The second-order valence-corrected chi connectivity index (χ2v) is 4.33. The molecule has 2 N–H and O–H groups in total. The predicted octanol–water partition coefficient (Wildman–Crippen LogP) is 0.925. The summed E-state index contributed by atoms with van der Waals surface area (Å²) in [6.45, 7) is 2.36. The zero-order chi connectivity index (χ0) is 15.4. The number of anilines is 1. The number of hydrogen-bond acceptors (Lipinski definition) is 5. The molecule has 0 saturated heterocycles. The van der Waals surface area contributed by atoms with Crippen LogP contribution in [0.5, 0.6) is 0 Å². The molecule has 2 aromatic rings. The Morgan fingerprint density at radius 2 is 2.05 bits per heavy atom. The minimum atomic E-state index is -0.488. The van der Waals surface area contributed by atoms with E-state index in [0.717, 1.165) is 16.8 Å². The number of aromatic amines is 1. The summed E-state index contributed by atoms with van der Waals surface area (Å²) < 4.78 is 1.11. The zero-order valence-corrected chi connectivity index (χ0v) is 11.3. The molecule has 0 fully saturated rings. The maximum absolute atomic E-state index is 11.7. The van der Waals surface area contributed by atoms with E-state index in [4.69, 9.17) is 0 Å². The maximum atomic E-state index is 11.7. The molecule has 0 bridgehead atoms. The first-order valence-electron chi connectivity index (χ1n) is 6.33. The van der Waals surface area contributed by atoms with Crippen molar-refractivity contribution in [2.45, 2.75) is 13.5 Å². The molecule has 0 atom stereocenters. The van der Waals surface area contributed by atoms with Gasteiger partial charge < -0.3 is 5.32 Å². The highest BCUT2D eigenvalue weighted by molar-refractivity contribution is 5.66. The van der Waals surface area contributed by atoms with Crippen molar-refractivity contribution in [3.63, 3.8) is 0 Å². The van der Waals surface area contributed by atoms with Crippen LogP contribution in [0.4, 0.5) is 11.4 Å². The monoisotopic (exact) mass is 290 g/mol. The summed E-state index contributed by atoms with van der Waals surface area (Å²) in [7, 11) is 0. The van der Waals surface area contributed by atoms with E-state index >= 15 is 0 Å². The number of rotatable bonds is 5. The van der Waals surface area contributed by atoms with Crippen LogP contribution in [0.2, 0.25) is 0 Å². The van der Waals surface area contributed by atoms with Crippen molar-refractivity contribution in [1.29, 1.82) is 0 Å². The van der Waals surface area contributed by atoms with Gasteiger partial charge in [-0.3, -0.25) is 24.8 Å². The highest BCUT2D eigenvalue weighted by Crippen LogP contribution is 2.28. The zero-order valence-electron chi connectivity index (χ0n) is 11.3. The van der Waals surface area contributed by atoms with Gasteiger partial charge in [0.1, 0.15) is 5.69 Å². The summed E-state index contributed by atoms with van der Waals surface area (Å²) in [6, 6.07) is 6.89. The fraction of sp³-hybridized carbons (Fsp3) is 0.231. The van der Waals surface area contributed by atoms with Gasteiger partial charge in [-0.05, 0) is 6.92 Å². The Hall–Kier alpha value is -2.90. The van der Waals surface area contributed by atoms with Crippen molar-refractivity contribution in [1.82, 2.24) is 9.78 Å². The van der Waals surface area contributed by atoms with E-state index in [1.807, 2.05) is 6.92 Å². The van der Waals surface area contributed by atoms with Crippen molar-refractivity contribution >= 4 is 11.4 Å². The molecule has 0 unspecified atom stereocenters. The van der Waals surface area contributed by atoms with Crippen LogP contribution in [0.25, 0.3) is 0 Å². The molecule has 0 aliphatic heterocycles. The molecule has 0 aliphatic carbocycles. The second-order valence-electron chi connectivity index (χ2n) is 4.33. The highest BCUT2D eigenvalue weighted by atomic mass is 16.6. The van der Waals surface area contributed by atoms with Gasteiger partial charge in [-0.1, -0.05) is 12.1 Å². The predicted molar refractivity (Wildman–Crippen MR) is 77.7 cm³/mol. The first kappa shape index (κ1) is 14.5. The van der Waals surface area contributed by atoms with Crippen molar-refractivity contribution in [3.05, 3.63) is 66.7 Å². The van der Waals surface area contributed by atoms with Crippen LogP contribution in [0.1, 0.15) is 12.5 Å². The molecule has 1 aromatic heterocycles. The molecule has 2 rings (SSSR count). The van der Waals surface area contributed by atoms with Crippen LogP contribution in [0.15, 0.2) is 39.9 Å². The Balaban J connectivity index is 2.51. The summed E-state index contributed by atoms with van der Waals surface area (Å²) in [5, 5.41) is 16.4. The maximum Gasteiger partial charge on any atom is 0.292 e. The SMILES string of the molecule is CCNc1c(Cn2[nH]c(=O)ccc2=O)cccc1[N+](=O)[O-]. The van der Waals surface area contributed by atoms with E-state index in [1.54, 1.807) is 12.1 Å². The fourth-order valence-corrected chi connectivity index (χ4v) is 2.00. The van der Waals surface area contributed by atoms with Gasteiger partial charge in [0.2, 0.25) is 0 Å². The molecule has 1 heterocycles. The van der Waals surface area contributed by atoms with Gasteiger partial charge in [-0.2, -0.15) is 0 Å². The van der Waals surface area contributed by atoms with Crippen LogP contribution >= 0.6 is 0 Å². The van der Waals surface area contributed by atoms with Gasteiger partial charge in [0.15, 0.2) is 0 Å². The summed E-state index contributed by atoms with van der Waals surface area (Å²) in [6.07, 6.45) is 0. The first-order chi connectivity index (χ1) is 10.0. The molecule has 21 heavy (non-hydrogen) atoms. The van der Waals surface area contributed by atoms with E-state index < -0.39 is 10.5 Å². The normalized spacial score (nSPS) is 10.3. The lowest BCUT2D eigenvalue weighted by molar-refractivity contribution is -0.384. The van der Waals surface area contributed by atoms with Crippen LogP contribution < -0.4 is 16.4 Å². The molecule has 8 nitrogen and oxygen atoms in total. The molecule has 0 aliphatic rings. The number of H-pyrrole nitrogens is 1. The lowest BCUT2D eigenvalue weighted by Crippen LogP contribution is -2.28. The van der Waals surface area contributed by atoms with Crippen molar-refractivity contribution in [3.8, 4) is 0 Å². The lowest BCUT2D eigenvalue weighted by Gasteiger charge is -2.12. The standard InChI is InChI=1S/C13H14N4O4/c1-2-14-13-9(4-3-5-10(13)17(20)21)8-16-12(19)7-6-11(18)15-16/h3-7,14H,2,8H2,1H3,(H,15,18). The fourth-order valence-electron chi connectivity index (χ4n) is 2.00. The van der Waals surface area contributed by atoms with Crippen LogP contribution in [0.3, 0.4) is 0 Å². The van der Waals surface area contributed by atoms with Gasteiger partial charge in [0.05, 0.1) is 11.5 Å². The minimum absolute atomic E-state index is 0.0406. The third kappa shape index (κ3) is 3.16. The number of nitro groups is 1. The Kier molecular flexibility index (Phi) is 4.17. The third-order valence-corrected chi connectivity index (χ3v) is 2.90. The number of nitrogens with one attached hydrogen (secondary N) is 2. The van der Waals surface area contributed by atoms with Gasteiger partial charge in [-0.15, -0.1) is 0 Å². The van der Waals surface area contributed by atoms with Crippen molar-refractivity contribution in [2.24, 2.45) is 0 Å². The smallest absolute Gasteiger partial charge is 0.292 e. The summed E-state index contributed by atoms with van der Waals surface area (Å²) in [4.78, 5) is 33.6. The molecule has 8 heteroatoms. The summed E-state index contributed by atoms with van der Waals surface area (Å²) in [5.74, 6) is 0. The van der Waals surface area contributed by atoms with E-state index in [0.29, 0.717) is 17.8 Å². The van der Waals surface area contributed by atoms with E-state index in [2.05, 4.69) is 10.4 Å². The average molecular weight is 290 g/mol. The molecule has 0 spiro atoms. The van der Waals surface area contributed by atoms with Crippen LogP contribution in [-0.4, -0.2) is 21.2 Å².